The molecule has 1 aliphatic rings. The van der Waals surface area contributed by atoms with E-state index in [1.54, 1.807) is 0 Å². The molecule has 2 unspecified atom stereocenters. The Morgan fingerprint density at radius 1 is 1.33 bits per heavy atom. The molecule has 1 aliphatic carbocycles. The molecule has 0 aliphatic heterocycles. The van der Waals surface area contributed by atoms with Crippen molar-refractivity contribution >= 4 is 43.5 Å². The fourth-order valence-electron chi connectivity index (χ4n) is 2.48. The number of carboxylic acids is 1. The predicted molar refractivity (Wildman–Crippen MR) is 82.9 cm³/mol. The van der Waals surface area contributed by atoms with Gasteiger partial charge in [0, 0.05) is 10.5 Å². The van der Waals surface area contributed by atoms with Gasteiger partial charge < -0.3 is 5.11 Å². The van der Waals surface area contributed by atoms with Crippen LogP contribution in [-0.2, 0) is 14.8 Å². The van der Waals surface area contributed by atoms with Gasteiger partial charge in [-0.25, -0.2) is 13.1 Å². The van der Waals surface area contributed by atoms with Crippen molar-refractivity contribution in [3.8, 4) is 0 Å². The van der Waals surface area contributed by atoms with Crippen molar-refractivity contribution in [2.45, 2.75) is 36.6 Å². The highest BCUT2D eigenvalue weighted by molar-refractivity contribution is 9.10. The first-order chi connectivity index (χ1) is 9.81. The molecule has 0 spiro atoms. The number of nitrogens with one attached hydrogen (secondary N) is 1. The van der Waals surface area contributed by atoms with Crippen LogP contribution in [0.3, 0.4) is 0 Å². The lowest BCUT2D eigenvalue weighted by atomic mass is 9.85. The Kier molecular flexibility index (Phi) is 5.29. The molecule has 0 aromatic heterocycles. The third kappa shape index (κ3) is 3.97. The molecular weight excluding hydrogens is 382 g/mol. The molecule has 2 atom stereocenters. The molecule has 5 nitrogen and oxygen atoms in total. The molecule has 0 bridgehead atoms. The van der Waals surface area contributed by atoms with E-state index in [0.29, 0.717) is 22.3 Å². The second-order valence-electron chi connectivity index (χ2n) is 5.03. The van der Waals surface area contributed by atoms with Crippen LogP contribution in [0.2, 0.25) is 5.02 Å². The van der Waals surface area contributed by atoms with Gasteiger partial charge in [-0.15, -0.1) is 0 Å². The van der Waals surface area contributed by atoms with Crippen LogP contribution in [0.5, 0.6) is 0 Å². The van der Waals surface area contributed by atoms with Gasteiger partial charge in [0.25, 0.3) is 0 Å². The molecule has 2 rings (SSSR count). The standard InChI is InChI=1S/C13H15BrClNO4S/c14-10-7-8(5-6-11(10)15)21(19,20)16-12-4-2-1-3-9(12)13(17)18/h5-7,9,12,16H,1-4H2,(H,17,18). The molecule has 1 fully saturated rings. The van der Waals surface area contributed by atoms with Crippen LogP contribution >= 0.6 is 27.5 Å². The van der Waals surface area contributed by atoms with E-state index in [4.69, 9.17) is 11.6 Å². The van der Waals surface area contributed by atoms with Gasteiger partial charge in [0.15, 0.2) is 0 Å². The van der Waals surface area contributed by atoms with Crippen molar-refractivity contribution in [2.75, 3.05) is 0 Å². The van der Waals surface area contributed by atoms with E-state index >= 15 is 0 Å². The molecule has 0 radical (unpaired) electrons. The van der Waals surface area contributed by atoms with Crippen molar-refractivity contribution in [1.29, 1.82) is 0 Å². The van der Waals surface area contributed by atoms with Gasteiger partial charge in [-0.05, 0) is 47.0 Å². The van der Waals surface area contributed by atoms with Crippen molar-refractivity contribution in [3.05, 3.63) is 27.7 Å². The fraction of sp³-hybridized carbons (Fsp3) is 0.462. The quantitative estimate of drug-likeness (QED) is 0.819. The summed E-state index contributed by atoms with van der Waals surface area (Å²) in [6.07, 6.45) is 2.65. The van der Waals surface area contributed by atoms with Crippen molar-refractivity contribution in [1.82, 2.24) is 4.72 Å². The molecule has 1 saturated carbocycles. The van der Waals surface area contributed by atoms with E-state index in [-0.39, 0.29) is 4.90 Å². The second-order valence-corrected chi connectivity index (χ2v) is 8.01. The number of sulfonamides is 1. The van der Waals surface area contributed by atoms with Crippen LogP contribution in [-0.4, -0.2) is 25.5 Å². The monoisotopic (exact) mass is 395 g/mol. The van der Waals surface area contributed by atoms with Crippen LogP contribution in [0.4, 0.5) is 0 Å². The highest BCUT2D eigenvalue weighted by atomic mass is 79.9. The molecule has 116 valence electrons. The van der Waals surface area contributed by atoms with E-state index in [1.165, 1.54) is 18.2 Å². The Balaban J connectivity index is 2.23. The molecule has 0 amide bonds. The zero-order valence-corrected chi connectivity index (χ0v) is 14.2. The van der Waals surface area contributed by atoms with Crippen molar-refractivity contribution < 1.29 is 18.3 Å². The van der Waals surface area contributed by atoms with Gasteiger partial charge >= 0.3 is 5.97 Å². The Bertz CT molecular complexity index is 650. The van der Waals surface area contributed by atoms with E-state index in [9.17, 15) is 18.3 Å². The van der Waals surface area contributed by atoms with Gasteiger partial charge in [-0.1, -0.05) is 24.4 Å². The lowest BCUT2D eigenvalue weighted by Gasteiger charge is -2.29. The van der Waals surface area contributed by atoms with Gasteiger partial charge in [-0.3, -0.25) is 4.79 Å². The largest absolute Gasteiger partial charge is 0.481 e. The van der Waals surface area contributed by atoms with Gasteiger partial charge in [0.1, 0.15) is 0 Å². The second kappa shape index (κ2) is 6.64. The summed E-state index contributed by atoms with van der Waals surface area (Å²) in [5, 5.41) is 9.61. The number of rotatable bonds is 4. The van der Waals surface area contributed by atoms with E-state index in [2.05, 4.69) is 20.7 Å². The number of halogens is 2. The van der Waals surface area contributed by atoms with Crippen molar-refractivity contribution in [2.24, 2.45) is 5.92 Å². The van der Waals surface area contributed by atoms with Crippen molar-refractivity contribution in [3.63, 3.8) is 0 Å². The summed E-state index contributed by atoms with van der Waals surface area (Å²) in [6.45, 7) is 0. The Morgan fingerprint density at radius 3 is 2.62 bits per heavy atom. The number of benzene rings is 1. The molecule has 21 heavy (non-hydrogen) atoms. The first-order valence-corrected chi connectivity index (χ1v) is 9.17. The predicted octanol–water partition coefficient (Wildman–Crippen LogP) is 3.02. The molecule has 2 N–H and O–H groups in total. The smallest absolute Gasteiger partial charge is 0.308 e. The normalized spacial score (nSPS) is 23.0. The zero-order valence-electron chi connectivity index (χ0n) is 11.1. The molecule has 1 aromatic rings. The zero-order chi connectivity index (χ0) is 15.6. The number of carbonyl (C=O) groups is 1. The molecule has 0 saturated heterocycles. The average Bonchev–Trinajstić information content (AvgIpc) is 2.41. The lowest BCUT2D eigenvalue weighted by Crippen LogP contribution is -2.44. The number of carboxylic acid groups (broad SMARTS) is 1. The van der Waals surface area contributed by atoms with E-state index in [0.717, 1.165) is 12.8 Å². The molecule has 1 aromatic carbocycles. The summed E-state index contributed by atoms with van der Waals surface area (Å²) in [6, 6.07) is 3.71. The average molecular weight is 397 g/mol. The highest BCUT2D eigenvalue weighted by Crippen LogP contribution is 2.28. The van der Waals surface area contributed by atoms with Gasteiger partial charge in [0.05, 0.1) is 15.8 Å². The summed E-state index contributed by atoms with van der Waals surface area (Å²) in [4.78, 5) is 11.3. The van der Waals surface area contributed by atoms with Gasteiger partial charge in [0.2, 0.25) is 10.0 Å². The van der Waals surface area contributed by atoms with Crippen LogP contribution in [0.1, 0.15) is 25.7 Å². The summed E-state index contributed by atoms with van der Waals surface area (Å²) >= 11 is 9.03. The summed E-state index contributed by atoms with van der Waals surface area (Å²) in [5.41, 5.74) is 0. The minimum atomic E-state index is -3.77. The minimum absolute atomic E-state index is 0.0634. The maximum atomic E-state index is 12.4. The molecule has 0 heterocycles. The molecule has 8 heteroatoms. The summed E-state index contributed by atoms with van der Waals surface area (Å²) < 4.78 is 27.7. The topological polar surface area (TPSA) is 83.5 Å². The number of hydrogen-bond acceptors (Lipinski definition) is 3. The Morgan fingerprint density at radius 2 is 2.00 bits per heavy atom. The van der Waals surface area contributed by atoms with Crippen LogP contribution in [0, 0.1) is 5.92 Å². The maximum absolute atomic E-state index is 12.4. The Hall–Kier alpha value is -0.630. The van der Waals surface area contributed by atoms with E-state index < -0.39 is 28.0 Å². The van der Waals surface area contributed by atoms with Gasteiger partial charge in [-0.2, -0.15) is 0 Å². The fourth-order valence-corrected chi connectivity index (χ4v) is 4.46. The Labute approximate surface area is 136 Å². The first-order valence-electron chi connectivity index (χ1n) is 6.51. The summed E-state index contributed by atoms with van der Waals surface area (Å²) in [7, 11) is -3.77. The number of hydrogen-bond donors (Lipinski definition) is 2. The highest BCUT2D eigenvalue weighted by Gasteiger charge is 2.34. The third-order valence-corrected chi connectivity index (χ3v) is 6.29. The van der Waals surface area contributed by atoms with Crippen LogP contribution in [0.15, 0.2) is 27.6 Å². The lowest BCUT2D eigenvalue weighted by molar-refractivity contribution is -0.143. The first kappa shape index (κ1) is 16.7. The number of aliphatic carboxylic acids is 1. The SMILES string of the molecule is O=C(O)C1CCCCC1NS(=O)(=O)c1ccc(Cl)c(Br)c1. The van der Waals surface area contributed by atoms with E-state index in [1.807, 2.05) is 0 Å². The minimum Gasteiger partial charge on any atom is -0.481 e. The van der Waals surface area contributed by atoms with Crippen LogP contribution in [0.25, 0.3) is 0 Å². The third-order valence-electron chi connectivity index (χ3n) is 3.59. The maximum Gasteiger partial charge on any atom is 0.308 e. The summed E-state index contributed by atoms with van der Waals surface area (Å²) in [5.74, 6) is -1.64. The molecular formula is C13H15BrClNO4S. The van der Waals surface area contributed by atoms with Crippen LogP contribution < -0.4 is 4.72 Å².